The number of fused-ring (bicyclic) bond motifs is 1. The fourth-order valence-corrected chi connectivity index (χ4v) is 2.38. The molecule has 0 fully saturated rings. The standard InChI is InChI=1S/C13H13ClN4/c14-12-9-17(13-4-2-1-3-11(12)13)5-6-18-8-10(15)7-16-18/h1-4,7-9H,5-6,15H2. The largest absolute Gasteiger partial charge is 0.396 e. The molecule has 0 amide bonds. The van der Waals surface area contributed by atoms with Crippen molar-refractivity contribution < 1.29 is 0 Å². The molecule has 92 valence electrons. The predicted octanol–water partition coefficient (Wildman–Crippen LogP) is 2.77. The molecule has 0 saturated heterocycles. The van der Waals surface area contributed by atoms with E-state index < -0.39 is 0 Å². The van der Waals surface area contributed by atoms with Crippen molar-refractivity contribution in [1.82, 2.24) is 14.3 Å². The Labute approximate surface area is 110 Å². The highest BCUT2D eigenvalue weighted by Gasteiger charge is 2.05. The summed E-state index contributed by atoms with van der Waals surface area (Å²) in [6.07, 6.45) is 5.44. The quantitative estimate of drug-likeness (QED) is 0.787. The molecule has 0 atom stereocenters. The maximum atomic E-state index is 6.20. The van der Waals surface area contributed by atoms with Crippen LogP contribution < -0.4 is 5.73 Å². The maximum absolute atomic E-state index is 6.20. The van der Waals surface area contributed by atoms with Crippen LogP contribution in [0.4, 0.5) is 5.69 Å². The summed E-state index contributed by atoms with van der Waals surface area (Å²) in [5.74, 6) is 0. The number of halogens is 1. The van der Waals surface area contributed by atoms with Gasteiger partial charge in [0, 0.05) is 29.8 Å². The van der Waals surface area contributed by atoms with E-state index in [0.29, 0.717) is 5.69 Å². The lowest BCUT2D eigenvalue weighted by molar-refractivity contribution is 0.543. The van der Waals surface area contributed by atoms with Gasteiger partial charge in [-0.1, -0.05) is 29.8 Å². The number of nitrogens with zero attached hydrogens (tertiary/aromatic N) is 3. The van der Waals surface area contributed by atoms with Gasteiger partial charge in [0.05, 0.1) is 23.5 Å². The van der Waals surface area contributed by atoms with E-state index >= 15 is 0 Å². The highest BCUT2D eigenvalue weighted by atomic mass is 35.5. The van der Waals surface area contributed by atoms with Gasteiger partial charge in [-0.2, -0.15) is 5.10 Å². The molecular formula is C13H13ClN4. The molecule has 18 heavy (non-hydrogen) atoms. The van der Waals surface area contributed by atoms with E-state index in [1.54, 1.807) is 6.20 Å². The molecule has 0 spiro atoms. The van der Waals surface area contributed by atoms with Gasteiger partial charge < -0.3 is 10.3 Å². The van der Waals surface area contributed by atoms with Crippen molar-refractivity contribution in [2.75, 3.05) is 5.73 Å². The minimum absolute atomic E-state index is 0.686. The summed E-state index contributed by atoms with van der Waals surface area (Å²) < 4.78 is 3.97. The van der Waals surface area contributed by atoms with E-state index in [0.717, 1.165) is 29.0 Å². The van der Waals surface area contributed by atoms with Crippen LogP contribution in [0.25, 0.3) is 10.9 Å². The number of aromatic nitrogens is 3. The lowest BCUT2D eigenvalue weighted by atomic mass is 10.2. The van der Waals surface area contributed by atoms with Gasteiger partial charge in [-0.05, 0) is 6.07 Å². The molecule has 0 radical (unpaired) electrons. The van der Waals surface area contributed by atoms with Gasteiger partial charge in [0.15, 0.2) is 0 Å². The number of nitrogen functional groups attached to an aromatic ring is 1. The van der Waals surface area contributed by atoms with Crippen LogP contribution in [0.2, 0.25) is 5.02 Å². The lowest BCUT2D eigenvalue weighted by Gasteiger charge is -2.05. The first-order valence-electron chi connectivity index (χ1n) is 5.75. The predicted molar refractivity (Wildman–Crippen MR) is 73.6 cm³/mol. The summed E-state index contributed by atoms with van der Waals surface area (Å²) in [6, 6.07) is 8.10. The molecule has 0 aliphatic rings. The number of nitrogens with two attached hydrogens (primary N) is 1. The van der Waals surface area contributed by atoms with Crippen LogP contribution in [-0.2, 0) is 13.1 Å². The van der Waals surface area contributed by atoms with Crippen molar-refractivity contribution in [2.24, 2.45) is 0 Å². The van der Waals surface area contributed by atoms with E-state index in [2.05, 4.69) is 15.7 Å². The van der Waals surface area contributed by atoms with E-state index in [-0.39, 0.29) is 0 Å². The van der Waals surface area contributed by atoms with Gasteiger partial charge in [0.25, 0.3) is 0 Å². The molecule has 3 aromatic rings. The zero-order valence-electron chi connectivity index (χ0n) is 9.75. The average molecular weight is 261 g/mol. The maximum Gasteiger partial charge on any atom is 0.0719 e. The van der Waals surface area contributed by atoms with Crippen LogP contribution in [0.3, 0.4) is 0 Å². The van der Waals surface area contributed by atoms with Crippen LogP contribution >= 0.6 is 11.6 Å². The zero-order chi connectivity index (χ0) is 12.5. The highest BCUT2D eigenvalue weighted by molar-refractivity contribution is 6.35. The SMILES string of the molecule is Nc1cnn(CCn2cc(Cl)c3ccccc32)c1. The number of hydrogen-bond donors (Lipinski definition) is 1. The minimum atomic E-state index is 0.686. The van der Waals surface area contributed by atoms with Crippen LogP contribution in [-0.4, -0.2) is 14.3 Å². The Balaban J connectivity index is 1.86. The second kappa shape index (κ2) is 4.38. The van der Waals surface area contributed by atoms with Gasteiger partial charge in [-0.15, -0.1) is 0 Å². The third-order valence-corrected chi connectivity index (χ3v) is 3.26. The number of para-hydroxylation sites is 1. The van der Waals surface area contributed by atoms with Crippen LogP contribution in [0, 0.1) is 0 Å². The molecule has 2 N–H and O–H groups in total. The second-order valence-electron chi connectivity index (χ2n) is 4.22. The highest BCUT2D eigenvalue weighted by Crippen LogP contribution is 2.25. The van der Waals surface area contributed by atoms with Crippen molar-refractivity contribution in [3.63, 3.8) is 0 Å². The molecule has 2 heterocycles. The van der Waals surface area contributed by atoms with Crippen molar-refractivity contribution in [2.45, 2.75) is 13.1 Å². The van der Waals surface area contributed by atoms with Crippen molar-refractivity contribution in [3.05, 3.63) is 47.9 Å². The Morgan fingerprint density at radius 3 is 2.78 bits per heavy atom. The molecule has 4 nitrogen and oxygen atoms in total. The summed E-state index contributed by atoms with van der Waals surface area (Å²) in [4.78, 5) is 0. The number of benzene rings is 1. The summed E-state index contributed by atoms with van der Waals surface area (Å²) in [5.41, 5.74) is 7.46. The number of rotatable bonds is 3. The average Bonchev–Trinajstić information content (AvgIpc) is 2.92. The molecule has 0 unspecified atom stereocenters. The zero-order valence-corrected chi connectivity index (χ0v) is 10.5. The van der Waals surface area contributed by atoms with Gasteiger partial charge in [-0.25, -0.2) is 0 Å². The van der Waals surface area contributed by atoms with Crippen molar-refractivity contribution >= 4 is 28.2 Å². The lowest BCUT2D eigenvalue weighted by Crippen LogP contribution is -2.06. The molecule has 0 bridgehead atoms. The van der Waals surface area contributed by atoms with Gasteiger partial charge in [0.2, 0.25) is 0 Å². The Morgan fingerprint density at radius 2 is 2.00 bits per heavy atom. The molecule has 0 aliphatic heterocycles. The molecule has 3 rings (SSSR count). The Kier molecular flexibility index (Phi) is 2.72. The normalized spacial score (nSPS) is 11.2. The second-order valence-corrected chi connectivity index (χ2v) is 4.63. The topological polar surface area (TPSA) is 48.8 Å². The molecule has 2 aromatic heterocycles. The summed E-state index contributed by atoms with van der Waals surface area (Å²) in [7, 11) is 0. The summed E-state index contributed by atoms with van der Waals surface area (Å²) >= 11 is 6.20. The molecule has 5 heteroatoms. The van der Waals surface area contributed by atoms with E-state index in [4.69, 9.17) is 17.3 Å². The molecule has 0 aliphatic carbocycles. The van der Waals surface area contributed by atoms with Crippen molar-refractivity contribution in [1.29, 1.82) is 0 Å². The monoisotopic (exact) mass is 260 g/mol. The molecule has 1 aromatic carbocycles. The minimum Gasteiger partial charge on any atom is -0.396 e. The smallest absolute Gasteiger partial charge is 0.0719 e. The van der Waals surface area contributed by atoms with Gasteiger partial charge in [0.1, 0.15) is 0 Å². The third kappa shape index (κ3) is 1.95. The Morgan fingerprint density at radius 1 is 1.17 bits per heavy atom. The van der Waals surface area contributed by atoms with Gasteiger partial charge in [-0.3, -0.25) is 4.68 Å². The summed E-state index contributed by atoms with van der Waals surface area (Å²) in [6.45, 7) is 1.58. The fourth-order valence-electron chi connectivity index (χ4n) is 2.10. The van der Waals surface area contributed by atoms with Crippen LogP contribution in [0.1, 0.15) is 0 Å². The number of anilines is 1. The van der Waals surface area contributed by atoms with E-state index in [9.17, 15) is 0 Å². The number of aryl methyl sites for hydroxylation is 2. The first kappa shape index (κ1) is 11.2. The first-order valence-corrected chi connectivity index (χ1v) is 6.13. The molecule has 0 saturated carbocycles. The van der Waals surface area contributed by atoms with Crippen LogP contribution in [0.5, 0.6) is 0 Å². The fraction of sp³-hybridized carbons (Fsp3) is 0.154. The number of hydrogen-bond acceptors (Lipinski definition) is 2. The molecular weight excluding hydrogens is 248 g/mol. The van der Waals surface area contributed by atoms with Crippen LogP contribution in [0.15, 0.2) is 42.9 Å². The Hall–Kier alpha value is -1.94. The van der Waals surface area contributed by atoms with Crippen molar-refractivity contribution in [3.8, 4) is 0 Å². The summed E-state index contributed by atoms with van der Waals surface area (Å²) in [5, 5.41) is 6.03. The van der Waals surface area contributed by atoms with Gasteiger partial charge >= 0.3 is 0 Å². The van der Waals surface area contributed by atoms with E-state index in [1.165, 1.54) is 0 Å². The van der Waals surface area contributed by atoms with E-state index in [1.807, 2.05) is 35.3 Å². The third-order valence-electron chi connectivity index (χ3n) is 2.96. The first-order chi connectivity index (χ1) is 8.74. The Bertz CT molecular complexity index is 683.